The van der Waals surface area contributed by atoms with Gasteiger partial charge >= 0.3 is 0 Å². The first kappa shape index (κ1) is 54.8. The summed E-state index contributed by atoms with van der Waals surface area (Å²) in [5.74, 6) is -5.75. The van der Waals surface area contributed by atoms with Crippen LogP contribution in [0.4, 0.5) is 0 Å². The number of likely N-dealkylation sites (N-methyl/N-ethyl adjacent to an activating group) is 1. The van der Waals surface area contributed by atoms with Gasteiger partial charge in [0.25, 0.3) is 0 Å². The number of benzene rings is 1. The van der Waals surface area contributed by atoms with E-state index in [2.05, 4.69) is 46.9 Å². The molecule has 4 rings (SSSR count). The van der Waals surface area contributed by atoms with E-state index in [4.69, 9.17) is 17.2 Å². The van der Waals surface area contributed by atoms with Crippen molar-refractivity contribution in [2.75, 3.05) is 13.6 Å². The first-order chi connectivity index (χ1) is 32.7. The summed E-state index contributed by atoms with van der Waals surface area (Å²) < 4.78 is 0. The lowest BCUT2D eigenvalue weighted by molar-refractivity contribution is -0.140. The van der Waals surface area contributed by atoms with Crippen molar-refractivity contribution in [2.24, 2.45) is 35.0 Å². The van der Waals surface area contributed by atoms with Crippen molar-refractivity contribution in [1.29, 1.82) is 0 Å². The maximum Gasteiger partial charge on any atom is 0.245 e. The Labute approximate surface area is 401 Å². The normalized spacial score (nSPS) is 15.8. The first-order valence-electron chi connectivity index (χ1n) is 23.6. The minimum absolute atomic E-state index is 0.0142. The van der Waals surface area contributed by atoms with Crippen molar-refractivity contribution in [1.82, 2.24) is 51.8 Å². The van der Waals surface area contributed by atoms with E-state index in [0.717, 1.165) is 28.6 Å². The highest BCUT2D eigenvalue weighted by Gasteiger charge is 2.34. The Kier molecular flexibility index (Phi) is 20.7. The molecule has 0 radical (unpaired) electrons. The number of H-pyrrole nitrogens is 2. The molecule has 22 heteroatoms. The first-order valence-corrected chi connectivity index (χ1v) is 23.6. The van der Waals surface area contributed by atoms with Crippen LogP contribution in [0.25, 0.3) is 10.9 Å². The van der Waals surface area contributed by atoms with Gasteiger partial charge in [0.15, 0.2) is 0 Å². The number of nitrogens with one attached hydrogen (secondary N) is 8. The second-order valence-electron chi connectivity index (χ2n) is 18.5. The van der Waals surface area contributed by atoms with Gasteiger partial charge in [-0.05, 0) is 55.6 Å². The summed E-state index contributed by atoms with van der Waals surface area (Å²) >= 11 is 0. The number of nitrogens with two attached hydrogens (primary N) is 3. The molecule has 69 heavy (non-hydrogen) atoms. The molecule has 1 fully saturated rings. The number of aromatic nitrogens is 3. The monoisotopic (exact) mass is 962 g/mol. The number of aromatic amines is 2. The van der Waals surface area contributed by atoms with Crippen molar-refractivity contribution in [3.63, 3.8) is 0 Å². The molecule has 2 aromatic heterocycles. The molecule has 22 nitrogen and oxygen atoms in total. The zero-order chi connectivity index (χ0) is 50.9. The Morgan fingerprint density at radius 3 is 2.06 bits per heavy atom. The quantitative estimate of drug-likeness (QED) is 0.0418. The maximum absolute atomic E-state index is 13.9. The predicted molar refractivity (Wildman–Crippen MR) is 256 cm³/mol. The molecule has 2 heterocycles. The highest BCUT2D eigenvalue weighted by atomic mass is 16.2. The summed E-state index contributed by atoms with van der Waals surface area (Å²) in [4.78, 5) is 129. The van der Waals surface area contributed by atoms with Gasteiger partial charge in [0, 0.05) is 67.8 Å². The van der Waals surface area contributed by atoms with Crippen molar-refractivity contribution >= 4 is 64.1 Å². The van der Waals surface area contributed by atoms with Gasteiger partial charge in [-0.15, -0.1) is 0 Å². The van der Waals surface area contributed by atoms with Crippen LogP contribution in [-0.4, -0.2) is 129 Å². The Morgan fingerprint density at radius 2 is 1.43 bits per heavy atom. The second kappa shape index (κ2) is 26.1. The largest absolute Gasteiger partial charge is 0.370 e. The van der Waals surface area contributed by atoms with Gasteiger partial charge in [-0.1, -0.05) is 65.2 Å². The maximum atomic E-state index is 13.9. The fraction of sp³-hybridized carbons (Fsp3) is 0.574. The zero-order valence-electron chi connectivity index (χ0n) is 40.4. The molecule has 1 aliphatic rings. The van der Waals surface area contributed by atoms with Gasteiger partial charge in [-0.3, -0.25) is 43.2 Å². The topological polar surface area (TPSA) is 352 Å². The van der Waals surface area contributed by atoms with E-state index < -0.39 is 102 Å². The van der Waals surface area contributed by atoms with Crippen LogP contribution in [0.3, 0.4) is 0 Å². The van der Waals surface area contributed by atoms with Crippen molar-refractivity contribution in [3.05, 3.63) is 54.2 Å². The number of para-hydroxylation sites is 1. The van der Waals surface area contributed by atoms with Crippen LogP contribution in [0, 0.1) is 17.8 Å². The van der Waals surface area contributed by atoms with Gasteiger partial charge in [-0.25, -0.2) is 4.98 Å². The number of rotatable bonds is 29. The van der Waals surface area contributed by atoms with Gasteiger partial charge in [-0.2, -0.15) is 0 Å². The third-order valence-electron chi connectivity index (χ3n) is 12.4. The van der Waals surface area contributed by atoms with E-state index in [-0.39, 0.29) is 50.4 Å². The van der Waals surface area contributed by atoms with Gasteiger partial charge in [0.1, 0.15) is 30.2 Å². The fourth-order valence-corrected chi connectivity index (χ4v) is 7.76. The standard InChI is InChI=1S/C47H71N13O9/c1-7-26(4)33(15-17-39(62)55-35(42(50)64)18-28-12-13-28)57-46(68)37(20-30-22-51-24-53-30)56-40(63)23-60(6)47(69)41(25(2)3)59-43(65)27(5)54-45(67)36(58-44(66)32(48)14-16-38(49)61)19-29-21-52-34-11-9-8-10-31(29)34/h8-11,21-22,24-28,32-33,35-37,41,52H,7,12-20,23,48H2,1-6H3,(H2,49,61)(H2,50,64)(H,51,53)(H,54,67)(H,55,62)(H,56,63)(H,57,68)(H,58,66)(H,59,65)/t26-,27-,32-,33+,35-,36-,37-,41-/m0/s1. The number of nitrogens with zero attached hydrogens (tertiary/aromatic N) is 2. The molecule has 14 N–H and O–H groups in total. The lowest BCUT2D eigenvalue weighted by Gasteiger charge is -2.29. The fourth-order valence-electron chi connectivity index (χ4n) is 7.76. The summed E-state index contributed by atoms with van der Waals surface area (Å²) in [5, 5.41) is 17.2. The molecule has 0 saturated heterocycles. The lowest BCUT2D eigenvalue weighted by Crippen LogP contribution is -2.59. The van der Waals surface area contributed by atoms with Crippen LogP contribution < -0.4 is 49.1 Å². The highest BCUT2D eigenvalue weighted by molar-refractivity contribution is 5.96. The van der Waals surface area contributed by atoms with Gasteiger partial charge < -0.3 is 64.0 Å². The van der Waals surface area contributed by atoms with Crippen molar-refractivity contribution in [2.45, 2.75) is 141 Å². The summed E-state index contributed by atoms with van der Waals surface area (Å²) in [6, 6.07) is 0.305. The van der Waals surface area contributed by atoms with E-state index in [1.807, 2.05) is 38.1 Å². The van der Waals surface area contributed by atoms with E-state index in [1.54, 1.807) is 20.0 Å². The average Bonchev–Trinajstić information content (AvgIpc) is 3.80. The van der Waals surface area contributed by atoms with E-state index in [1.165, 1.54) is 26.5 Å². The number of hydrogen-bond donors (Lipinski definition) is 11. The molecular formula is C47H71N13O9. The molecule has 3 aromatic rings. The SMILES string of the molecule is CC[C@H](C)[C@@H](CCC(=O)N[C@@H](CC1CC1)C(N)=O)NC(=O)[C@H](Cc1cnc[nH]1)NC(=O)CN(C)C(=O)[C@@H](NC(=O)[C@H](C)NC(=O)[C@H](Cc1c[nH]c2ccccc12)NC(=O)[C@@H](N)CCC(N)=O)C(C)C. The molecule has 8 atom stereocenters. The number of hydrogen-bond acceptors (Lipinski definition) is 11. The number of carbonyl (C=O) groups is 9. The van der Waals surface area contributed by atoms with Gasteiger partial charge in [0.05, 0.1) is 18.9 Å². The molecule has 0 bridgehead atoms. The van der Waals surface area contributed by atoms with Crippen LogP contribution >= 0.6 is 0 Å². The zero-order valence-corrected chi connectivity index (χ0v) is 40.4. The number of fused-ring (bicyclic) bond motifs is 1. The third-order valence-corrected chi connectivity index (χ3v) is 12.4. The summed E-state index contributed by atoms with van der Waals surface area (Å²) in [7, 11) is 1.38. The van der Waals surface area contributed by atoms with E-state index in [9.17, 15) is 43.2 Å². The minimum atomic E-state index is -1.21. The third kappa shape index (κ3) is 17.3. The number of carbonyl (C=O) groups excluding carboxylic acids is 9. The van der Waals surface area contributed by atoms with E-state index >= 15 is 0 Å². The van der Waals surface area contributed by atoms with Crippen molar-refractivity contribution in [3.8, 4) is 0 Å². The van der Waals surface area contributed by atoms with Crippen molar-refractivity contribution < 1.29 is 43.2 Å². The number of primary amides is 2. The Bertz CT molecular complexity index is 2260. The molecule has 1 aromatic carbocycles. The molecule has 0 spiro atoms. The molecule has 1 aliphatic carbocycles. The summed E-state index contributed by atoms with van der Waals surface area (Å²) in [6.07, 6.45) is 7.92. The predicted octanol–water partition coefficient (Wildman–Crippen LogP) is -0.576. The van der Waals surface area contributed by atoms with E-state index in [0.29, 0.717) is 30.0 Å². The van der Waals surface area contributed by atoms with Gasteiger partial charge in [0.2, 0.25) is 53.2 Å². The van der Waals surface area contributed by atoms with Crippen LogP contribution in [0.15, 0.2) is 43.0 Å². The van der Waals surface area contributed by atoms with Crippen LogP contribution in [0.2, 0.25) is 0 Å². The van der Waals surface area contributed by atoms with Crippen LogP contribution in [-0.2, 0) is 56.0 Å². The average molecular weight is 962 g/mol. The molecular weight excluding hydrogens is 891 g/mol. The molecule has 0 aliphatic heterocycles. The molecule has 9 amide bonds. The smallest absolute Gasteiger partial charge is 0.245 e. The van der Waals surface area contributed by atoms with Crippen LogP contribution in [0.5, 0.6) is 0 Å². The highest BCUT2D eigenvalue weighted by Crippen LogP contribution is 2.33. The molecule has 0 unspecified atom stereocenters. The second-order valence-corrected chi connectivity index (χ2v) is 18.5. The lowest BCUT2D eigenvalue weighted by atomic mass is 9.94. The summed E-state index contributed by atoms with van der Waals surface area (Å²) in [5.41, 5.74) is 18.8. The minimum Gasteiger partial charge on any atom is -0.370 e. The Hall–Kier alpha value is -6.84. The molecule has 1 saturated carbocycles. The summed E-state index contributed by atoms with van der Waals surface area (Å²) in [6.45, 7) is 8.19. The Balaban J connectivity index is 1.39. The number of imidazole rings is 1. The number of amides is 9. The van der Waals surface area contributed by atoms with Crippen LogP contribution in [0.1, 0.15) is 97.2 Å². The molecule has 378 valence electrons. The Morgan fingerprint density at radius 1 is 0.768 bits per heavy atom.